The van der Waals surface area contributed by atoms with Crippen LogP contribution in [0.15, 0.2) is 241 Å². The van der Waals surface area contributed by atoms with Crippen LogP contribution in [-0.2, 0) is 5.41 Å². The molecule has 0 bridgehead atoms. The van der Waals surface area contributed by atoms with E-state index in [0.29, 0.717) is 0 Å². The number of nitrogens with zero attached hydrogens (tertiary/aromatic N) is 1. The Morgan fingerprint density at radius 3 is 1.65 bits per heavy atom. The van der Waals surface area contributed by atoms with Crippen molar-refractivity contribution in [2.75, 3.05) is 4.90 Å². The van der Waals surface area contributed by atoms with Gasteiger partial charge >= 0.3 is 0 Å². The molecule has 3 heteroatoms. The van der Waals surface area contributed by atoms with Gasteiger partial charge in [-0.3, -0.25) is 0 Å². The minimum atomic E-state index is -2.62. The Balaban J connectivity index is 0.925. The Bertz CT molecular complexity index is 3630. The van der Waals surface area contributed by atoms with Gasteiger partial charge in [0.15, 0.2) is 8.07 Å². The standard InChI is InChI=1S/C63H45NOSi/c1-63(2)57-25-12-9-22-51(57)52-36-33-48(41-58(52)63)64(46-31-28-43(29-32-46)42-16-5-3-6-17-42)47-34-37-59-56(40-47)53-35-30-45(39-60(53)65-59)44-18-15-21-50(38-44)66(49-19-7-4-8-20-49)61-26-13-10-23-54(61)55-24-11-14-27-62(55)66/h3-41H,1-2H3. The van der Waals surface area contributed by atoms with Gasteiger partial charge < -0.3 is 9.32 Å². The van der Waals surface area contributed by atoms with E-state index in [-0.39, 0.29) is 5.41 Å². The van der Waals surface area contributed by atoms with E-state index >= 15 is 0 Å². The van der Waals surface area contributed by atoms with E-state index < -0.39 is 8.07 Å². The second-order valence-electron chi connectivity index (χ2n) is 18.4. The van der Waals surface area contributed by atoms with Crippen LogP contribution in [0.4, 0.5) is 17.1 Å². The van der Waals surface area contributed by atoms with Gasteiger partial charge in [-0.15, -0.1) is 0 Å². The van der Waals surface area contributed by atoms with Crippen LogP contribution >= 0.6 is 0 Å². The van der Waals surface area contributed by atoms with Gasteiger partial charge in [0.05, 0.1) is 0 Å². The highest BCUT2D eigenvalue weighted by Crippen LogP contribution is 2.51. The normalized spacial score (nSPS) is 13.8. The topological polar surface area (TPSA) is 16.4 Å². The van der Waals surface area contributed by atoms with Gasteiger partial charge in [-0.25, -0.2) is 0 Å². The van der Waals surface area contributed by atoms with Crippen molar-refractivity contribution in [3.8, 4) is 44.5 Å². The van der Waals surface area contributed by atoms with Crippen molar-refractivity contribution >= 4 is 67.8 Å². The summed E-state index contributed by atoms with van der Waals surface area (Å²) in [5.74, 6) is 0. The zero-order valence-corrected chi connectivity index (χ0v) is 37.9. The first-order valence-corrected chi connectivity index (χ1v) is 25.0. The lowest BCUT2D eigenvalue weighted by molar-refractivity contribution is 0.660. The fraction of sp³-hybridized carbons (Fsp3) is 0.0476. The Kier molecular flexibility index (Phi) is 8.62. The predicted octanol–water partition coefficient (Wildman–Crippen LogP) is 14.1. The maximum Gasteiger partial charge on any atom is 0.180 e. The lowest BCUT2D eigenvalue weighted by atomic mass is 9.82. The molecular formula is C63H45NOSi. The number of anilines is 3. The number of hydrogen-bond acceptors (Lipinski definition) is 2. The van der Waals surface area contributed by atoms with Crippen molar-refractivity contribution in [3.05, 3.63) is 248 Å². The highest BCUT2D eigenvalue weighted by Gasteiger charge is 2.48. The SMILES string of the molecule is CC1(C)c2ccccc2-c2ccc(N(c3ccc(-c4ccccc4)cc3)c3ccc4oc5cc(-c6cccc([Si]7(c8ccccc8)c8ccccc8-c8ccccc87)c6)ccc5c4c3)cc21. The van der Waals surface area contributed by atoms with Crippen molar-refractivity contribution in [2.24, 2.45) is 0 Å². The first-order valence-electron chi connectivity index (χ1n) is 23.0. The molecule has 0 fully saturated rings. The Morgan fingerprint density at radius 2 is 0.894 bits per heavy atom. The first-order chi connectivity index (χ1) is 32.5. The molecule has 0 atom stereocenters. The summed E-state index contributed by atoms with van der Waals surface area (Å²) in [6.07, 6.45) is 0. The minimum Gasteiger partial charge on any atom is -0.456 e. The third kappa shape index (κ3) is 5.73. The average Bonchev–Trinajstić information content (AvgIpc) is 3.98. The smallest absolute Gasteiger partial charge is 0.180 e. The molecule has 0 N–H and O–H groups in total. The van der Waals surface area contributed by atoms with Gasteiger partial charge in [-0.2, -0.15) is 0 Å². The third-order valence-corrected chi connectivity index (χ3v) is 19.4. The summed E-state index contributed by atoms with van der Waals surface area (Å²) >= 11 is 0. The molecule has 2 aliphatic rings. The van der Waals surface area contributed by atoms with E-state index in [1.54, 1.807) is 0 Å². The summed E-state index contributed by atoms with van der Waals surface area (Å²) < 4.78 is 6.75. The second kappa shape index (κ2) is 14.8. The summed E-state index contributed by atoms with van der Waals surface area (Å²) in [5, 5.41) is 7.88. The largest absolute Gasteiger partial charge is 0.456 e. The third-order valence-electron chi connectivity index (χ3n) is 14.6. The highest BCUT2D eigenvalue weighted by atomic mass is 28.3. The Labute approximate surface area is 386 Å². The van der Waals surface area contributed by atoms with Gasteiger partial charge in [0.25, 0.3) is 0 Å². The number of rotatable bonds is 7. The van der Waals surface area contributed by atoms with Crippen LogP contribution in [0, 0.1) is 0 Å². The van der Waals surface area contributed by atoms with Gasteiger partial charge in [-0.05, 0) is 131 Å². The van der Waals surface area contributed by atoms with Crippen molar-refractivity contribution in [3.63, 3.8) is 0 Å². The number of hydrogen-bond donors (Lipinski definition) is 0. The summed E-state index contributed by atoms with van der Waals surface area (Å²) in [5.41, 5.74) is 17.7. The lowest BCUT2D eigenvalue weighted by Crippen LogP contribution is -2.72. The molecule has 0 unspecified atom stereocenters. The molecule has 1 aromatic heterocycles. The van der Waals surface area contributed by atoms with Crippen molar-refractivity contribution in [1.82, 2.24) is 0 Å². The maximum absolute atomic E-state index is 6.75. The van der Waals surface area contributed by atoms with Crippen LogP contribution in [0.1, 0.15) is 25.0 Å². The quantitative estimate of drug-likeness (QED) is 0.148. The van der Waals surface area contributed by atoms with Gasteiger partial charge in [0.1, 0.15) is 11.2 Å². The minimum absolute atomic E-state index is 0.122. The van der Waals surface area contributed by atoms with Crippen LogP contribution in [0.5, 0.6) is 0 Å². The van der Waals surface area contributed by atoms with Crippen molar-refractivity contribution in [2.45, 2.75) is 19.3 Å². The highest BCUT2D eigenvalue weighted by molar-refractivity contribution is 7.22. The fourth-order valence-electron chi connectivity index (χ4n) is 11.4. The molecule has 0 amide bonds. The van der Waals surface area contributed by atoms with Gasteiger partial charge in [0.2, 0.25) is 0 Å². The molecule has 312 valence electrons. The zero-order valence-electron chi connectivity index (χ0n) is 36.9. The van der Waals surface area contributed by atoms with Crippen LogP contribution in [0.2, 0.25) is 0 Å². The van der Waals surface area contributed by atoms with E-state index in [0.717, 1.165) is 44.6 Å². The van der Waals surface area contributed by atoms with Gasteiger partial charge in [-0.1, -0.05) is 196 Å². The summed E-state index contributed by atoms with van der Waals surface area (Å²) in [6, 6.07) is 87.6. The van der Waals surface area contributed by atoms with E-state index in [4.69, 9.17) is 4.42 Å². The molecule has 1 aliphatic carbocycles. The van der Waals surface area contributed by atoms with Crippen LogP contribution in [0.25, 0.3) is 66.4 Å². The molecule has 0 spiro atoms. The molecule has 1 aliphatic heterocycles. The molecule has 10 aromatic carbocycles. The molecule has 13 rings (SSSR count). The molecule has 66 heavy (non-hydrogen) atoms. The Hall–Kier alpha value is -7.98. The van der Waals surface area contributed by atoms with Crippen molar-refractivity contribution in [1.29, 1.82) is 0 Å². The molecule has 2 nitrogen and oxygen atoms in total. The van der Waals surface area contributed by atoms with Gasteiger partial charge in [0, 0.05) is 33.2 Å². The van der Waals surface area contributed by atoms with E-state index in [1.807, 2.05) is 0 Å². The fourth-order valence-corrected chi connectivity index (χ4v) is 16.7. The summed E-state index contributed by atoms with van der Waals surface area (Å²) in [4.78, 5) is 2.40. The monoisotopic (exact) mass is 859 g/mol. The van der Waals surface area contributed by atoms with E-state index in [2.05, 4.69) is 255 Å². The molecule has 0 saturated carbocycles. The predicted molar refractivity (Wildman–Crippen MR) is 279 cm³/mol. The van der Waals surface area contributed by atoms with E-state index in [1.165, 1.54) is 70.8 Å². The van der Waals surface area contributed by atoms with Crippen molar-refractivity contribution < 1.29 is 4.42 Å². The average molecular weight is 860 g/mol. The first kappa shape index (κ1) is 38.5. The molecular weight excluding hydrogens is 815 g/mol. The molecule has 11 aromatic rings. The van der Waals surface area contributed by atoms with Crippen LogP contribution in [-0.4, -0.2) is 8.07 Å². The zero-order chi connectivity index (χ0) is 44.0. The molecule has 0 saturated heterocycles. The van der Waals surface area contributed by atoms with Crippen LogP contribution in [0.3, 0.4) is 0 Å². The Morgan fingerprint density at radius 1 is 0.348 bits per heavy atom. The molecule has 0 radical (unpaired) electrons. The number of benzene rings is 10. The lowest BCUT2D eigenvalue weighted by Gasteiger charge is -2.31. The molecule has 2 heterocycles. The summed E-state index contributed by atoms with van der Waals surface area (Å²) in [6.45, 7) is 4.70. The number of furan rings is 1. The van der Waals surface area contributed by atoms with Crippen LogP contribution < -0.4 is 25.6 Å². The maximum atomic E-state index is 6.75. The second-order valence-corrected chi connectivity index (χ2v) is 22.2. The summed E-state index contributed by atoms with van der Waals surface area (Å²) in [7, 11) is -2.62. The van der Waals surface area contributed by atoms with E-state index in [9.17, 15) is 0 Å². The number of fused-ring (bicyclic) bond motifs is 9.